The second-order valence-corrected chi connectivity index (χ2v) is 3.63. The van der Waals surface area contributed by atoms with Crippen molar-refractivity contribution < 1.29 is 0 Å². The molecule has 0 saturated carbocycles. The van der Waals surface area contributed by atoms with Crippen LogP contribution in [0.1, 0.15) is 25.1 Å². The second-order valence-electron chi connectivity index (χ2n) is 3.63. The normalized spacial score (nSPS) is 11.9. The molecule has 4 heteroatoms. The highest BCUT2D eigenvalue weighted by Gasteiger charge is 2.10. The summed E-state index contributed by atoms with van der Waals surface area (Å²) in [4.78, 5) is 8.88. The average molecular weight is 226 g/mol. The molecule has 1 heterocycles. The number of hydrazine groups is 1. The molecule has 0 amide bonds. The highest BCUT2D eigenvalue weighted by Crippen LogP contribution is 2.15. The Balaban J connectivity index is 2.35. The van der Waals surface area contributed by atoms with E-state index in [-0.39, 0.29) is 6.04 Å². The summed E-state index contributed by atoms with van der Waals surface area (Å²) < 4.78 is 0. The number of nitrogens with zero attached hydrogens (tertiary/aromatic N) is 2. The Kier molecular flexibility index (Phi) is 3.66. The molecule has 0 saturated heterocycles. The van der Waals surface area contributed by atoms with Gasteiger partial charge in [-0.2, -0.15) is 0 Å². The Morgan fingerprint density at radius 1 is 1.35 bits per heavy atom. The zero-order valence-corrected chi connectivity index (χ0v) is 9.64. The van der Waals surface area contributed by atoms with Crippen LogP contribution in [0.2, 0.25) is 0 Å². The number of fused-ring (bicyclic) bond motifs is 1. The molecule has 3 N–H and O–H groups in total. The summed E-state index contributed by atoms with van der Waals surface area (Å²) in [5.74, 6) is 11.3. The number of aromatic nitrogens is 2. The number of nitrogens with one attached hydrogen (secondary N) is 1. The molecule has 2 aromatic rings. The van der Waals surface area contributed by atoms with E-state index >= 15 is 0 Å². The quantitative estimate of drug-likeness (QED) is 0.473. The fraction of sp³-hybridized carbons (Fsp3) is 0.231. The summed E-state index contributed by atoms with van der Waals surface area (Å²) in [7, 11) is 0. The molecule has 0 spiro atoms. The van der Waals surface area contributed by atoms with Crippen LogP contribution in [0.5, 0.6) is 0 Å². The zero-order valence-electron chi connectivity index (χ0n) is 9.64. The van der Waals surface area contributed by atoms with Crippen molar-refractivity contribution in [2.24, 2.45) is 5.84 Å². The first-order chi connectivity index (χ1) is 8.35. The Labute approximate surface area is 100 Å². The van der Waals surface area contributed by atoms with Gasteiger partial charge in [0.15, 0.2) is 0 Å². The minimum atomic E-state index is -0.0837. The molecule has 0 aliphatic rings. The third-order valence-electron chi connectivity index (χ3n) is 2.51. The fourth-order valence-electron chi connectivity index (χ4n) is 1.59. The minimum Gasteiger partial charge on any atom is -0.271 e. The van der Waals surface area contributed by atoms with Gasteiger partial charge in [0.2, 0.25) is 0 Å². The Morgan fingerprint density at radius 2 is 2.12 bits per heavy atom. The number of rotatable bonds is 3. The van der Waals surface area contributed by atoms with E-state index < -0.39 is 0 Å². The van der Waals surface area contributed by atoms with Crippen LogP contribution >= 0.6 is 0 Å². The van der Waals surface area contributed by atoms with Gasteiger partial charge in [-0.15, -0.1) is 11.8 Å². The summed E-state index contributed by atoms with van der Waals surface area (Å²) in [6.07, 6.45) is 2.37. The lowest BCUT2D eigenvalue weighted by atomic mass is 10.1. The van der Waals surface area contributed by atoms with Crippen LogP contribution in [0.4, 0.5) is 0 Å². The van der Waals surface area contributed by atoms with E-state index in [9.17, 15) is 0 Å². The van der Waals surface area contributed by atoms with Crippen LogP contribution in [0.15, 0.2) is 30.5 Å². The maximum atomic E-state index is 5.50. The maximum absolute atomic E-state index is 5.50. The summed E-state index contributed by atoms with van der Waals surface area (Å²) in [6.45, 7) is 1.81. The van der Waals surface area contributed by atoms with Crippen molar-refractivity contribution in [1.82, 2.24) is 15.4 Å². The fourth-order valence-corrected chi connectivity index (χ4v) is 1.59. The first-order valence-corrected chi connectivity index (χ1v) is 5.42. The average Bonchev–Trinajstić information content (AvgIpc) is 2.39. The lowest BCUT2D eigenvalue weighted by Gasteiger charge is -2.12. The Bertz CT molecular complexity index is 568. The Morgan fingerprint density at radius 3 is 2.82 bits per heavy atom. The molecule has 86 valence electrons. The SMILES string of the molecule is CC#CCC(NN)c1cnc2ccccc2n1. The van der Waals surface area contributed by atoms with Gasteiger partial charge in [-0.3, -0.25) is 16.3 Å². The monoisotopic (exact) mass is 226 g/mol. The van der Waals surface area contributed by atoms with Gasteiger partial charge >= 0.3 is 0 Å². The van der Waals surface area contributed by atoms with E-state index in [4.69, 9.17) is 5.84 Å². The van der Waals surface area contributed by atoms with E-state index in [2.05, 4.69) is 27.2 Å². The van der Waals surface area contributed by atoms with Gasteiger partial charge in [0.1, 0.15) is 0 Å². The molecule has 17 heavy (non-hydrogen) atoms. The van der Waals surface area contributed by atoms with Crippen LogP contribution in [-0.4, -0.2) is 9.97 Å². The van der Waals surface area contributed by atoms with Gasteiger partial charge in [-0.25, -0.2) is 4.98 Å². The number of hydrogen-bond acceptors (Lipinski definition) is 4. The number of benzene rings is 1. The third-order valence-corrected chi connectivity index (χ3v) is 2.51. The number of nitrogens with two attached hydrogens (primary N) is 1. The lowest BCUT2D eigenvalue weighted by molar-refractivity contribution is 0.553. The van der Waals surface area contributed by atoms with Crippen LogP contribution in [0, 0.1) is 11.8 Å². The number of para-hydroxylation sites is 2. The zero-order chi connectivity index (χ0) is 12.1. The van der Waals surface area contributed by atoms with Gasteiger partial charge in [0.25, 0.3) is 0 Å². The van der Waals surface area contributed by atoms with Crippen LogP contribution in [0.25, 0.3) is 11.0 Å². The van der Waals surface area contributed by atoms with Gasteiger partial charge in [0, 0.05) is 6.42 Å². The maximum Gasteiger partial charge on any atom is 0.0890 e. The molecular weight excluding hydrogens is 212 g/mol. The van der Waals surface area contributed by atoms with E-state index in [1.165, 1.54) is 0 Å². The van der Waals surface area contributed by atoms with Crippen LogP contribution < -0.4 is 11.3 Å². The van der Waals surface area contributed by atoms with Gasteiger partial charge in [-0.05, 0) is 19.1 Å². The Hall–Kier alpha value is -1.96. The predicted octanol–water partition coefficient (Wildman–Crippen LogP) is 1.55. The lowest BCUT2D eigenvalue weighted by Crippen LogP contribution is -2.28. The summed E-state index contributed by atoms with van der Waals surface area (Å²) in [6, 6.07) is 7.67. The van der Waals surface area contributed by atoms with Gasteiger partial charge in [0.05, 0.1) is 29.0 Å². The smallest absolute Gasteiger partial charge is 0.0890 e. The van der Waals surface area contributed by atoms with Crippen molar-refractivity contribution in [2.75, 3.05) is 0 Å². The largest absolute Gasteiger partial charge is 0.271 e. The van der Waals surface area contributed by atoms with E-state index in [0.29, 0.717) is 6.42 Å². The first kappa shape index (κ1) is 11.5. The molecule has 1 aromatic heterocycles. The molecule has 0 aliphatic carbocycles. The first-order valence-electron chi connectivity index (χ1n) is 5.42. The highest BCUT2D eigenvalue weighted by molar-refractivity contribution is 5.73. The molecule has 0 fully saturated rings. The van der Waals surface area contributed by atoms with Crippen LogP contribution in [0.3, 0.4) is 0 Å². The molecule has 0 aliphatic heterocycles. The van der Waals surface area contributed by atoms with E-state index in [1.54, 1.807) is 13.1 Å². The highest BCUT2D eigenvalue weighted by atomic mass is 15.2. The van der Waals surface area contributed by atoms with E-state index in [0.717, 1.165) is 16.7 Å². The molecule has 4 nitrogen and oxygen atoms in total. The molecule has 1 aromatic carbocycles. The molecule has 2 rings (SSSR count). The second kappa shape index (κ2) is 5.39. The summed E-state index contributed by atoms with van der Waals surface area (Å²) in [5, 5.41) is 0. The van der Waals surface area contributed by atoms with Gasteiger partial charge in [-0.1, -0.05) is 12.1 Å². The van der Waals surface area contributed by atoms with Crippen molar-refractivity contribution in [1.29, 1.82) is 0 Å². The van der Waals surface area contributed by atoms with Crippen LogP contribution in [-0.2, 0) is 0 Å². The van der Waals surface area contributed by atoms with Crippen molar-refractivity contribution in [2.45, 2.75) is 19.4 Å². The van der Waals surface area contributed by atoms with Crippen molar-refractivity contribution in [3.05, 3.63) is 36.2 Å². The van der Waals surface area contributed by atoms with Gasteiger partial charge < -0.3 is 0 Å². The molecule has 1 unspecified atom stereocenters. The summed E-state index contributed by atoms with van der Waals surface area (Å²) >= 11 is 0. The molecular formula is C13H14N4. The number of hydrogen-bond donors (Lipinski definition) is 2. The van der Waals surface area contributed by atoms with Crippen molar-refractivity contribution >= 4 is 11.0 Å². The summed E-state index contributed by atoms with van der Waals surface area (Å²) in [5.41, 5.74) is 5.28. The topological polar surface area (TPSA) is 63.8 Å². The molecule has 0 radical (unpaired) electrons. The molecule has 0 bridgehead atoms. The van der Waals surface area contributed by atoms with Crippen molar-refractivity contribution in [3.63, 3.8) is 0 Å². The molecule has 1 atom stereocenters. The third kappa shape index (κ3) is 2.59. The van der Waals surface area contributed by atoms with E-state index in [1.807, 2.05) is 24.3 Å². The van der Waals surface area contributed by atoms with Crippen molar-refractivity contribution in [3.8, 4) is 11.8 Å². The standard InChI is InChI=1S/C13H14N4/c1-2-3-6-12(17-14)13-9-15-10-7-4-5-8-11(10)16-13/h4-5,7-9,12,17H,6,14H2,1H3. The minimum absolute atomic E-state index is 0.0837. The predicted molar refractivity (Wildman–Crippen MR) is 67.7 cm³/mol.